The van der Waals surface area contributed by atoms with Crippen LogP contribution in [0.2, 0.25) is 0 Å². The summed E-state index contributed by atoms with van der Waals surface area (Å²) in [5, 5.41) is 9.10. The number of methoxy groups -OCH3 is 1. The fraction of sp³-hybridized carbons (Fsp3) is 0.333. The Morgan fingerprint density at radius 3 is 2.71 bits per heavy atom. The third-order valence-corrected chi connectivity index (χ3v) is 2.59. The molecular weight excluding hydrogens is 220 g/mol. The summed E-state index contributed by atoms with van der Waals surface area (Å²) in [6.07, 6.45) is 1.75. The summed E-state index contributed by atoms with van der Waals surface area (Å²) in [7, 11) is 1.57. The minimum Gasteiger partial charge on any atom is -0.495 e. The van der Waals surface area contributed by atoms with Gasteiger partial charge in [0, 0.05) is 5.92 Å². The van der Waals surface area contributed by atoms with Gasteiger partial charge in [0.15, 0.2) is 5.69 Å². The van der Waals surface area contributed by atoms with Gasteiger partial charge in [-0.2, -0.15) is 0 Å². The molecule has 2 aromatic heterocycles. The summed E-state index contributed by atoms with van der Waals surface area (Å²) in [4.78, 5) is 15.3. The van der Waals surface area contributed by atoms with E-state index in [1.165, 1.54) is 0 Å². The number of hydrogen-bond acceptors (Lipinski definition) is 3. The minimum atomic E-state index is -1.01. The second kappa shape index (κ2) is 4.08. The lowest BCUT2D eigenvalue weighted by molar-refractivity contribution is 0.0693. The lowest BCUT2D eigenvalue weighted by Gasteiger charge is -2.05. The molecule has 2 aromatic rings. The molecule has 0 saturated carbocycles. The van der Waals surface area contributed by atoms with E-state index < -0.39 is 5.97 Å². The Bertz CT molecular complexity index is 572. The third kappa shape index (κ3) is 1.84. The van der Waals surface area contributed by atoms with Crippen molar-refractivity contribution in [3.63, 3.8) is 0 Å². The molecule has 2 heterocycles. The minimum absolute atomic E-state index is 0.0800. The largest absolute Gasteiger partial charge is 0.495 e. The van der Waals surface area contributed by atoms with Crippen LogP contribution in [0.25, 0.3) is 5.52 Å². The van der Waals surface area contributed by atoms with Crippen molar-refractivity contribution in [1.29, 1.82) is 0 Å². The zero-order chi connectivity index (χ0) is 12.6. The van der Waals surface area contributed by atoms with Crippen molar-refractivity contribution in [1.82, 2.24) is 9.38 Å². The number of ether oxygens (including phenoxy) is 1. The van der Waals surface area contributed by atoms with Crippen molar-refractivity contribution in [3.8, 4) is 5.75 Å². The van der Waals surface area contributed by atoms with Crippen molar-refractivity contribution < 1.29 is 14.6 Å². The Hall–Kier alpha value is -2.04. The molecule has 0 saturated heterocycles. The molecule has 0 aromatic carbocycles. The standard InChI is InChI=1S/C12H14N2O3/c1-7(2)11-13-10(12(15)16)9-5-4-8(17-3)6-14(9)11/h4-7H,1-3H3,(H,15,16). The van der Waals surface area contributed by atoms with Gasteiger partial charge in [-0.05, 0) is 12.1 Å². The number of pyridine rings is 1. The number of imidazole rings is 1. The molecule has 0 bridgehead atoms. The van der Waals surface area contributed by atoms with Gasteiger partial charge >= 0.3 is 5.97 Å². The van der Waals surface area contributed by atoms with Crippen molar-refractivity contribution in [2.24, 2.45) is 0 Å². The molecule has 0 fully saturated rings. The predicted octanol–water partition coefficient (Wildman–Crippen LogP) is 2.16. The highest BCUT2D eigenvalue weighted by Crippen LogP contribution is 2.22. The van der Waals surface area contributed by atoms with Gasteiger partial charge in [-0.15, -0.1) is 0 Å². The maximum absolute atomic E-state index is 11.1. The number of rotatable bonds is 3. The molecule has 0 radical (unpaired) electrons. The molecule has 1 N–H and O–H groups in total. The molecule has 5 heteroatoms. The summed E-state index contributed by atoms with van der Waals surface area (Å²) in [5.41, 5.74) is 0.665. The highest BCUT2D eigenvalue weighted by atomic mass is 16.5. The van der Waals surface area contributed by atoms with Gasteiger partial charge in [0.2, 0.25) is 0 Å². The molecule has 0 amide bonds. The van der Waals surface area contributed by atoms with Crippen molar-refractivity contribution in [2.45, 2.75) is 19.8 Å². The highest BCUT2D eigenvalue weighted by Gasteiger charge is 2.18. The molecule has 2 rings (SSSR count). The van der Waals surface area contributed by atoms with Crippen LogP contribution >= 0.6 is 0 Å². The van der Waals surface area contributed by atoms with E-state index in [1.54, 1.807) is 29.8 Å². The van der Waals surface area contributed by atoms with Crippen LogP contribution in [-0.4, -0.2) is 27.6 Å². The molecule has 0 unspecified atom stereocenters. The van der Waals surface area contributed by atoms with Gasteiger partial charge in [-0.3, -0.25) is 4.40 Å². The highest BCUT2D eigenvalue weighted by molar-refractivity contribution is 5.93. The van der Waals surface area contributed by atoms with Gasteiger partial charge in [-0.1, -0.05) is 13.8 Å². The van der Waals surface area contributed by atoms with E-state index >= 15 is 0 Å². The first-order valence-corrected chi connectivity index (χ1v) is 5.34. The van der Waals surface area contributed by atoms with Crippen molar-refractivity contribution in [3.05, 3.63) is 29.8 Å². The van der Waals surface area contributed by atoms with Crippen LogP contribution < -0.4 is 4.74 Å². The summed E-state index contributed by atoms with van der Waals surface area (Å²) in [6, 6.07) is 3.44. The Balaban J connectivity index is 2.76. The SMILES string of the molecule is COc1ccc2c(C(=O)O)nc(C(C)C)n2c1. The lowest BCUT2D eigenvalue weighted by atomic mass is 10.2. The van der Waals surface area contributed by atoms with Crippen LogP contribution in [-0.2, 0) is 0 Å². The zero-order valence-electron chi connectivity index (χ0n) is 9.97. The molecule has 0 spiro atoms. The summed E-state index contributed by atoms with van der Waals surface area (Å²) in [5.74, 6) is 0.521. The van der Waals surface area contributed by atoms with Crippen LogP contribution in [0.3, 0.4) is 0 Å². The van der Waals surface area contributed by atoms with Crippen LogP contribution in [0, 0.1) is 0 Å². The average molecular weight is 234 g/mol. The molecule has 90 valence electrons. The maximum atomic E-state index is 11.1. The first-order chi connectivity index (χ1) is 8.04. The van der Waals surface area contributed by atoms with E-state index in [0.29, 0.717) is 11.3 Å². The van der Waals surface area contributed by atoms with E-state index in [1.807, 2.05) is 13.8 Å². The maximum Gasteiger partial charge on any atom is 0.356 e. The average Bonchev–Trinajstić information content (AvgIpc) is 2.67. The Morgan fingerprint density at radius 2 is 2.18 bits per heavy atom. The quantitative estimate of drug-likeness (QED) is 0.883. The summed E-state index contributed by atoms with van der Waals surface area (Å²) >= 11 is 0. The Morgan fingerprint density at radius 1 is 1.47 bits per heavy atom. The van der Waals surface area contributed by atoms with Crippen molar-refractivity contribution in [2.75, 3.05) is 7.11 Å². The van der Waals surface area contributed by atoms with Crippen LogP contribution in [0.5, 0.6) is 5.75 Å². The molecule has 17 heavy (non-hydrogen) atoms. The molecule has 5 nitrogen and oxygen atoms in total. The smallest absolute Gasteiger partial charge is 0.356 e. The number of fused-ring (bicyclic) bond motifs is 1. The number of carbonyl (C=O) groups is 1. The number of hydrogen-bond donors (Lipinski definition) is 1. The monoisotopic (exact) mass is 234 g/mol. The molecule has 0 aliphatic rings. The fourth-order valence-electron chi connectivity index (χ4n) is 1.77. The topological polar surface area (TPSA) is 63.8 Å². The first kappa shape index (κ1) is 11.4. The number of carboxylic acids is 1. The van der Waals surface area contributed by atoms with Gasteiger partial charge in [0.1, 0.15) is 11.6 Å². The van der Waals surface area contributed by atoms with Crippen LogP contribution in [0.4, 0.5) is 0 Å². The van der Waals surface area contributed by atoms with E-state index in [9.17, 15) is 4.79 Å². The predicted molar refractivity (Wildman–Crippen MR) is 62.8 cm³/mol. The van der Waals surface area contributed by atoms with Crippen LogP contribution in [0.15, 0.2) is 18.3 Å². The number of aromatic carboxylic acids is 1. The van der Waals surface area contributed by atoms with Gasteiger partial charge in [0.05, 0.1) is 18.8 Å². The van der Waals surface area contributed by atoms with Crippen molar-refractivity contribution >= 4 is 11.5 Å². The first-order valence-electron chi connectivity index (χ1n) is 5.34. The number of aromatic nitrogens is 2. The van der Waals surface area contributed by atoms with Crippen LogP contribution in [0.1, 0.15) is 36.1 Å². The molecule has 0 aliphatic heterocycles. The Labute approximate surface area is 98.7 Å². The second-order valence-electron chi connectivity index (χ2n) is 4.10. The van der Waals surface area contributed by atoms with Gasteiger partial charge in [0.25, 0.3) is 0 Å². The molecular formula is C12H14N2O3. The van der Waals surface area contributed by atoms with Gasteiger partial charge in [-0.25, -0.2) is 9.78 Å². The molecule has 0 atom stereocenters. The van der Waals surface area contributed by atoms with E-state index in [-0.39, 0.29) is 11.6 Å². The van der Waals surface area contributed by atoms with E-state index in [2.05, 4.69) is 4.98 Å². The molecule has 0 aliphatic carbocycles. The number of carboxylic acid groups (broad SMARTS) is 1. The van der Waals surface area contributed by atoms with E-state index in [4.69, 9.17) is 9.84 Å². The lowest BCUT2D eigenvalue weighted by Crippen LogP contribution is -1.98. The summed E-state index contributed by atoms with van der Waals surface area (Å²) in [6.45, 7) is 3.94. The summed E-state index contributed by atoms with van der Waals surface area (Å²) < 4.78 is 6.90. The third-order valence-electron chi connectivity index (χ3n) is 2.59. The number of nitrogens with zero attached hydrogens (tertiary/aromatic N) is 2. The van der Waals surface area contributed by atoms with E-state index in [0.717, 1.165) is 5.82 Å². The fourth-order valence-corrected chi connectivity index (χ4v) is 1.77. The zero-order valence-corrected chi connectivity index (χ0v) is 9.97. The Kier molecular flexibility index (Phi) is 2.75. The normalized spacial score (nSPS) is 11.1. The second-order valence-corrected chi connectivity index (χ2v) is 4.10. The van der Waals surface area contributed by atoms with Gasteiger partial charge < -0.3 is 9.84 Å².